The first-order valence-electron chi connectivity index (χ1n) is 7.77. The van der Waals surface area contributed by atoms with Crippen molar-refractivity contribution in [2.45, 2.75) is 38.3 Å². The van der Waals surface area contributed by atoms with Gasteiger partial charge in [-0.05, 0) is 18.9 Å². The Hall–Kier alpha value is -2.14. The molecule has 1 aromatic heterocycles. The zero-order valence-electron chi connectivity index (χ0n) is 12.4. The summed E-state index contributed by atoms with van der Waals surface area (Å²) in [5, 5.41) is 19.3. The molecule has 4 rings (SSSR count). The second kappa shape index (κ2) is 5.25. The normalized spacial score (nSPS) is 18.2. The van der Waals surface area contributed by atoms with Gasteiger partial charge in [0.05, 0.1) is 0 Å². The number of phenolic OH excluding ortho intramolecular Hbond substituents is 2. The Morgan fingerprint density at radius 2 is 2.09 bits per heavy atom. The molecule has 1 fully saturated rings. The second-order valence-corrected chi connectivity index (χ2v) is 6.25. The number of rotatable bonds is 3. The number of hydrogen-bond acceptors (Lipinski definition) is 5. The standard InChI is InChI=1S/C17H19N3O2/c21-14-4-3-12(16(22)7-14)9-20-6-5-15-13(10-20)8-18-17(19-15)11-1-2-11/h3-4,7-8,11,21-22H,1-2,5-6,9-10H2. The molecule has 0 amide bonds. The van der Waals surface area contributed by atoms with E-state index < -0.39 is 0 Å². The highest BCUT2D eigenvalue weighted by molar-refractivity contribution is 5.39. The Labute approximate surface area is 129 Å². The SMILES string of the molecule is Oc1ccc(CN2CCc3nc(C4CC4)ncc3C2)c(O)c1. The molecule has 0 spiro atoms. The molecule has 1 aliphatic carbocycles. The highest BCUT2D eigenvalue weighted by Gasteiger charge is 2.28. The summed E-state index contributed by atoms with van der Waals surface area (Å²) in [6.45, 7) is 2.39. The van der Waals surface area contributed by atoms with Gasteiger partial charge in [-0.15, -0.1) is 0 Å². The fourth-order valence-corrected chi connectivity index (χ4v) is 2.99. The number of benzene rings is 1. The van der Waals surface area contributed by atoms with E-state index in [1.54, 1.807) is 12.1 Å². The summed E-state index contributed by atoms with van der Waals surface area (Å²) < 4.78 is 0. The molecule has 2 N–H and O–H groups in total. The van der Waals surface area contributed by atoms with Crippen LogP contribution in [-0.2, 0) is 19.5 Å². The number of nitrogens with zero attached hydrogens (tertiary/aromatic N) is 3. The minimum atomic E-state index is 0.0891. The molecule has 1 saturated carbocycles. The topological polar surface area (TPSA) is 69.5 Å². The first kappa shape index (κ1) is 13.5. The number of hydrogen-bond donors (Lipinski definition) is 2. The summed E-state index contributed by atoms with van der Waals surface area (Å²) in [7, 11) is 0. The summed E-state index contributed by atoms with van der Waals surface area (Å²) in [6.07, 6.45) is 5.35. The predicted octanol–water partition coefficient (Wildman–Crippen LogP) is 2.32. The summed E-state index contributed by atoms with van der Waals surface area (Å²) in [5.74, 6) is 1.85. The number of fused-ring (bicyclic) bond motifs is 1. The molecule has 0 radical (unpaired) electrons. The first-order chi connectivity index (χ1) is 10.7. The van der Waals surface area contributed by atoms with Crippen LogP contribution in [0.15, 0.2) is 24.4 Å². The van der Waals surface area contributed by atoms with Crippen molar-refractivity contribution in [1.29, 1.82) is 0 Å². The van der Waals surface area contributed by atoms with Crippen molar-refractivity contribution in [3.8, 4) is 11.5 Å². The zero-order valence-corrected chi connectivity index (χ0v) is 12.4. The maximum atomic E-state index is 9.91. The minimum Gasteiger partial charge on any atom is -0.508 e. The average molecular weight is 297 g/mol. The molecule has 0 saturated heterocycles. The molecule has 2 aliphatic rings. The van der Waals surface area contributed by atoms with Crippen molar-refractivity contribution in [1.82, 2.24) is 14.9 Å². The minimum absolute atomic E-state index is 0.0891. The van der Waals surface area contributed by atoms with Gasteiger partial charge in [0.15, 0.2) is 0 Å². The Morgan fingerprint density at radius 3 is 2.86 bits per heavy atom. The van der Waals surface area contributed by atoms with E-state index in [1.807, 2.05) is 6.20 Å². The molecule has 2 aromatic rings. The second-order valence-electron chi connectivity index (χ2n) is 6.25. The molecule has 2 heterocycles. The fourth-order valence-electron chi connectivity index (χ4n) is 2.99. The Bertz CT molecular complexity index is 713. The van der Waals surface area contributed by atoms with E-state index in [1.165, 1.54) is 30.2 Å². The van der Waals surface area contributed by atoms with Crippen molar-refractivity contribution in [2.75, 3.05) is 6.54 Å². The van der Waals surface area contributed by atoms with Crippen LogP contribution in [0.3, 0.4) is 0 Å². The summed E-state index contributed by atoms with van der Waals surface area (Å²) in [6, 6.07) is 4.77. The van der Waals surface area contributed by atoms with Gasteiger partial charge in [0.25, 0.3) is 0 Å². The van der Waals surface area contributed by atoms with E-state index in [4.69, 9.17) is 4.98 Å². The molecule has 22 heavy (non-hydrogen) atoms. The molecule has 5 heteroatoms. The van der Waals surface area contributed by atoms with Gasteiger partial charge in [-0.2, -0.15) is 0 Å². The predicted molar refractivity (Wildman–Crippen MR) is 81.6 cm³/mol. The van der Waals surface area contributed by atoms with Gasteiger partial charge >= 0.3 is 0 Å². The molecule has 0 atom stereocenters. The van der Waals surface area contributed by atoms with Crippen LogP contribution in [0, 0.1) is 0 Å². The van der Waals surface area contributed by atoms with Gasteiger partial charge in [0.1, 0.15) is 17.3 Å². The van der Waals surface area contributed by atoms with Crippen molar-refractivity contribution >= 4 is 0 Å². The molecule has 114 valence electrons. The van der Waals surface area contributed by atoms with Crippen molar-refractivity contribution < 1.29 is 10.2 Å². The Morgan fingerprint density at radius 1 is 1.23 bits per heavy atom. The molecule has 0 bridgehead atoms. The van der Waals surface area contributed by atoms with Crippen molar-refractivity contribution in [2.24, 2.45) is 0 Å². The van der Waals surface area contributed by atoms with Crippen molar-refractivity contribution in [3.63, 3.8) is 0 Å². The fraction of sp³-hybridized carbons (Fsp3) is 0.412. The lowest BCUT2D eigenvalue weighted by molar-refractivity contribution is 0.239. The third-order valence-electron chi connectivity index (χ3n) is 4.44. The lowest BCUT2D eigenvalue weighted by atomic mass is 10.1. The molecule has 1 aromatic carbocycles. The highest BCUT2D eigenvalue weighted by atomic mass is 16.3. The van der Waals surface area contributed by atoms with Gasteiger partial charge in [0.2, 0.25) is 0 Å². The number of aromatic hydroxyl groups is 2. The smallest absolute Gasteiger partial charge is 0.131 e. The van der Waals surface area contributed by atoms with E-state index in [0.29, 0.717) is 12.5 Å². The van der Waals surface area contributed by atoms with E-state index in [2.05, 4.69) is 9.88 Å². The van der Waals surface area contributed by atoms with E-state index in [0.717, 1.165) is 30.9 Å². The maximum Gasteiger partial charge on any atom is 0.131 e. The largest absolute Gasteiger partial charge is 0.508 e. The monoisotopic (exact) mass is 297 g/mol. The summed E-state index contributed by atoms with van der Waals surface area (Å²) >= 11 is 0. The number of phenols is 2. The summed E-state index contributed by atoms with van der Waals surface area (Å²) in [5.41, 5.74) is 3.20. The van der Waals surface area contributed by atoms with Gasteiger partial charge in [-0.25, -0.2) is 9.97 Å². The highest BCUT2D eigenvalue weighted by Crippen LogP contribution is 2.38. The van der Waals surface area contributed by atoms with E-state index >= 15 is 0 Å². The quantitative estimate of drug-likeness (QED) is 0.910. The van der Waals surface area contributed by atoms with E-state index in [-0.39, 0.29) is 11.5 Å². The van der Waals surface area contributed by atoms with Crippen LogP contribution in [0.25, 0.3) is 0 Å². The van der Waals surface area contributed by atoms with Crippen molar-refractivity contribution in [3.05, 3.63) is 47.0 Å². The third-order valence-corrected chi connectivity index (χ3v) is 4.44. The molecule has 0 unspecified atom stereocenters. The molecule has 5 nitrogen and oxygen atoms in total. The van der Waals surface area contributed by atoms with Gasteiger partial charge in [-0.3, -0.25) is 4.90 Å². The lowest BCUT2D eigenvalue weighted by Gasteiger charge is -2.28. The molecule has 1 aliphatic heterocycles. The Balaban J connectivity index is 1.49. The van der Waals surface area contributed by atoms with Crippen LogP contribution in [0.2, 0.25) is 0 Å². The van der Waals surface area contributed by atoms with Crippen LogP contribution in [-0.4, -0.2) is 31.6 Å². The Kier molecular flexibility index (Phi) is 3.22. The molecular weight excluding hydrogens is 278 g/mol. The summed E-state index contributed by atoms with van der Waals surface area (Å²) in [4.78, 5) is 11.5. The van der Waals surface area contributed by atoms with Gasteiger partial charge in [-0.1, -0.05) is 6.07 Å². The van der Waals surface area contributed by atoms with Gasteiger partial charge < -0.3 is 10.2 Å². The van der Waals surface area contributed by atoms with Crippen LogP contribution in [0.1, 0.15) is 41.4 Å². The van der Waals surface area contributed by atoms with E-state index in [9.17, 15) is 10.2 Å². The number of aromatic nitrogens is 2. The van der Waals surface area contributed by atoms with Crippen LogP contribution in [0.5, 0.6) is 11.5 Å². The maximum absolute atomic E-state index is 9.91. The van der Waals surface area contributed by atoms with Gasteiger partial charge in [0, 0.05) is 61.1 Å². The van der Waals surface area contributed by atoms with Crippen LogP contribution >= 0.6 is 0 Å². The van der Waals surface area contributed by atoms with Crippen LogP contribution < -0.4 is 0 Å². The molecular formula is C17H19N3O2. The third kappa shape index (κ3) is 2.64. The average Bonchev–Trinajstić information content (AvgIpc) is 3.34. The lowest BCUT2D eigenvalue weighted by Crippen LogP contribution is -2.31. The zero-order chi connectivity index (χ0) is 15.1. The first-order valence-corrected chi connectivity index (χ1v) is 7.77. The van der Waals surface area contributed by atoms with Crippen LogP contribution in [0.4, 0.5) is 0 Å².